The highest BCUT2D eigenvalue weighted by atomic mass is 16.5. The molecule has 0 fully saturated rings. The van der Waals surface area contributed by atoms with E-state index in [0.29, 0.717) is 16.9 Å². The van der Waals surface area contributed by atoms with Crippen LogP contribution in [0.15, 0.2) is 66.7 Å². The van der Waals surface area contributed by atoms with E-state index in [4.69, 9.17) is 16.2 Å². The molecule has 1 heterocycles. The number of aromatic nitrogens is 2. The van der Waals surface area contributed by atoms with Crippen LogP contribution in [-0.2, 0) is 4.74 Å². The zero-order valence-corrected chi connectivity index (χ0v) is 16.2. The average Bonchev–Trinajstić information content (AvgIpc) is 2.77. The van der Waals surface area contributed by atoms with Crippen LogP contribution in [0.3, 0.4) is 0 Å². The number of anilines is 2. The quantitative estimate of drug-likeness (QED) is 0.336. The van der Waals surface area contributed by atoms with E-state index in [2.05, 4.69) is 16.0 Å². The summed E-state index contributed by atoms with van der Waals surface area (Å²) in [5, 5.41) is 4.59. The van der Waals surface area contributed by atoms with Crippen molar-refractivity contribution in [2.24, 2.45) is 0 Å². The summed E-state index contributed by atoms with van der Waals surface area (Å²) in [4.78, 5) is 20.8. The van der Waals surface area contributed by atoms with Crippen LogP contribution >= 0.6 is 0 Å². The molecule has 0 aliphatic rings. The molecule has 146 valence electrons. The lowest BCUT2D eigenvalue weighted by Gasteiger charge is -2.13. The van der Waals surface area contributed by atoms with Crippen molar-refractivity contribution in [1.82, 2.24) is 9.97 Å². The number of nitrogens with zero attached hydrogens (tertiary/aromatic N) is 2. The van der Waals surface area contributed by atoms with Gasteiger partial charge in [-0.15, -0.1) is 0 Å². The molecule has 0 unspecified atom stereocenters. The standard InChI is InChI=1S/C24H18N4O2/c1-30-23(29)19-12-18-14(7-4-8-16(18)15-5-2-3-6-17(15)19)13-9-10-21-20(11-13)22(25)28-24(26)27-21/h2-12H,1H3,(H4,25,26,27,28). The fraction of sp³-hybridized carbons (Fsp3) is 0.0417. The Morgan fingerprint density at radius 1 is 0.800 bits per heavy atom. The van der Waals surface area contributed by atoms with E-state index in [-0.39, 0.29) is 11.9 Å². The van der Waals surface area contributed by atoms with Crippen LogP contribution in [0.4, 0.5) is 11.8 Å². The monoisotopic (exact) mass is 394 g/mol. The van der Waals surface area contributed by atoms with Gasteiger partial charge in [0.2, 0.25) is 5.95 Å². The summed E-state index contributed by atoms with van der Waals surface area (Å²) in [6.07, 6.45) is 0. The van der Waals surface area contributed by atoms with Gasteiger partial charge in [0, 0.05) is 5.39 Å². The van der Waals surface area contributed by atoms with Gasteiger partial charge in [-0.3, -0.25) is 0 Å². The Morgan fingerprint density at radius 2 is 1.53 bits per heavy atom. The number of hydrogen-bond donors (Lipinski definition) is 2. The Kier molecular flexibility index (Phi) is 3.99. The number of carbonyl (C=O) groups is 1. The summed E-state index contributed by atoms with van der Waals surface area (Å²) in [6.45, 7) is 0. The minimum Gasteiger partial charge on any atom is -0.465 e. The first kappa shape index (κ1) is 17.9. The first-order chi connectivity index (χ1) is 14.6. The van der Waals surface area contributed by atoms with E-state index in [1.807, 2.05) is 60.7 Å². The van der Waals surface area contributed by atoms with Gasteiger partial charge in [-0.2, -0.15) is 4.98 Å². The third-order valence-corrected chi connectivity index (χ3v) is 5.36. The Bertz CT molecular complexity index is 1480. The van der Waals surface area contributed by atoms with Crippen LogP contribution in [-0.4, -0.2) is 23.0 Å². The number of carbonyl (C=O) groups excluding carboxylic acids is 1. The summed E-state index contributed by atoms with van der Waals surface area (Å²) < 4.78 is 5.04. The van der Waals surface area contributed by atoms with Crippen molar-refractivity contribution in [2.75, 3.05) is 18.6 Å². The Balaban J connectivity index is 1.85. The van der Waals surface area contributed by atoms with Crippen LogP contribution in [0.25, 0.3) is 43.6 Å². The van der Waals surface area contributed by atoms with Crippen molar-refractivity contribution >= 4 is 50.2 Å². The van der Waals surface area contributed by atoms with Crippen molar-refractivity contribution in [3.63, 3.8) is 0 Å². The lowest BCUT2D eigenvalue weighted by Crippen LogP contribution is -2.02. The Labute approximate surface area is 172 Å². The molecule has 6 heteroatoms. The fourth-order valence-electron chi connectivity index (χ4n) is 4.00. The second kappa shape index (κ2) is 6.70. The Hall–Kier alpha value is -4.19. The number of ether oxygens (including phenoxy) is 1. The topological polar surface area (TPSA) is 104 Å². The summed E-state index contributed by atoms with van der Waals surface area (Å²) in [6, 6.07) is 21.6. The van der Waals surface area contributed by atoms with E-state index < -0.39 is 0 Å². The second-order valence-electron chi connectivity index (χ2n) is 7.06. The molecule has 1 aromatic heterocycles. The maximum absolute atomic E-state index is 12.5. The number of esters is 1. The van der Waals surface area contributed by atoms with Crippen molar-refractivity contribution in [3.8, 4) is 11.1 Å². The van der Waals surface area contributed by atoms with Gasteiger partial charge in [-0.05, 0) is 50.9 Å². The highest BCUT2D eigenvalue weighted by Gasteiger charge is 2.16. The molecule has 0 aliphatic heterocycles. The molecule has 0 radical (unpaired) electrons. The predicted molar refractivity (Wildman–Crippen MR) is 120 cm³/mol. The van der Waals surface area contributed by atoms with Gasteiger partial charge in [0.15, 0.2) is 0 Å². The molecule has 0 amide bonds. The van der Waals surface area contributed by atoms with Gasteiger partial charge >= 0.3 is 5.97 Å². The van der Waals surface area contributed by atoms with E-state index in [1.54, 1.807) is 0 Å². The first-order valence-corrected chi connectivity index (χ1v) is 9.43. The molecule has 5 rings (SSSR count). The highest BCUT2D eigenvalue weighted by molar-refractivity contribution is 6.18. The highest BCUT2D eigenvalue weighted by Crippen LogP contribution is 2.36. The normalized spacial score (nSPS) is 11.2. The predicted octanol–water partition coefficient (Wildman–Crippen LogP) is 4.55. The van der Waals surface area contributed by atoms with Crippen molar-refractivity contribution < 1.29 is 9.53 Å². The number of hydrogen-bond acceptors (Lipinski definition) is 6. The molecular weight excluding hydrogens is 376 g/mol. The number of rotatable bonds is 2. The van der Waals surface area contributed by atoms with Crippen molar-refractivity contribution in [1.29, 1.82) is 0 Å². The summed E-state index contributed by atoms with van der Waals surface area (Å²) in [5.41, 5.74) is 14.9. The summed E-state index contributed by atoms with van der Waals surface area (Å²) >= 11 is 0. The minimum absolute atomic E-state index is 0.145. The lowest BCUT2D eigenvalue weighted by molar-refractivity contribution is 0.0603. The van der Waals surface area contributed by atoms with Gasteiger partial charge in [0.1, 0.15) is 5.82 Å². The molecule has 30 heavy (non-hydrogen) atoms. The van der Waals surface area contributed by atoms with Crippen LogP contribution in [0.1, 0.15) is 10.4 Å². The summed E-state index contributed by atoms with van der Waals surface area (Å²) in [5.74, 6) is 0.113. The first-order valence-electron chi connectivity index (χ1n) is 9.43. The van der Waals surface area contributed by atoms with Gasteiger partial charge < -0.3 is 16.2 Å². The second-order valence-corrected chi connectivity index (χ2v) is 7.06. The van der Waals surface area contributed by atoms with E-state index >= 15 is 0 Å². The fourth-order valence-corrected chi connectivity index (χ4v) is 4.00. The molecule has 4 aromatic carbocycles. The average molecular weight is 394 g/mol. The van der Waals surface area contributed by atoms with Gasteiger partial charge in [0.05, 0.1) is 18.2 Å². The number of fused-ring (bicyclic) bond motifs is 4. The van der Waals surface area contributed by atoms with Gasteiger partial charge in [-0.25, -0.2) is 9.78 Å². The number of nitrogen functional groups attached to an aromatic ring is 2. The minimum atomic E-state index is -0.366. The lowest BCUT2D eigenvalue weighted by atomic mass is 9.91. The zero-order valence-electron chi connectivity index (χ0n) is 16.2. The Morgan fingerprint density at radius 3 is 2.33 bits per heavy atom. The van der Waals surface area contributed by atoms with Crippen LogP contribution in [0.2, 0.25) is 0 Å². The van der Waals surface area contributed by atoms with Crippen LogP contribution in [0, 0.1) is 0 Å². The molecule has 0 saturated heterocycles. The molecular formula is C24H18N4O2. The van der Waals surface area contributed by atoms with Crippen molar-refractivity contribution in [3.05, 3.63) is 72.3 Å². The van der Waals surface area contributed by atoms with Gasteiger partial charge in [0.25, 0.3) is 0 Å². The number of methoxy groups -OCH3 is 1. The van der Waals surface area contributed by atoms with Crippen LogP contribution < -0.4 is 11.5 Å². The maximum atomic E-state index is 12.5. The third-order valence-electron chi connectivity index (χ3n) is 5.36. The smallest absolute Gasteiger partial charge is 0.338 e. The number of benzene rings is 4. The van der Waals surface area contributed by atoms with E-state index in [0.717, 1.165) is 38.1 Å². The molecule has 0 saturated carbocycles. The molecule has 0 atom stereocenters. The van der Waals surface area contributed by atoms with E-state index in [1.165, 1.54) is 7.11 Å². The number of nitrogens with two attached hydrogens (primary N) is 2. The molecule has 4 N–H and O–H groups in total. The van der Waals surface area contributed by atoms with Gasteiger partial charge in [-0.1, -0.05) is 48.5 Å². The third kappa shape index (κ3) is 2.69. The zero-order chi connectivity index (χ0) is 20.8. The van der Waals surface area contributed by atoms with E-state index in [9.17, 15) is 4.79 Å². The largest absolute Gasteiger partial charge is 0.465 e. The molecule has 0 spiro atoms. The maximum Gasteiger partial charge on any atom is 0.338 e. The summed E-state index contributed by atoms with van der Waals surface area (Å²) in [7, 11) is 1.39. The SMILES string of the molecule is COC(=O)c1cc2c(-c3ccc4nc(N)nc(N)c4c3)cccc2c2ccccc12. The van der Waals surface area contributed by atoms with Crippen molar-refractivity contribution in [2.45, 2.75) is 0 Å². The molecule has 5 aromatic rings. The molecule has 0 bridgehead atoms. The molecule has 0 aliphatic carbocycles. The molecule has 6 nitrogen and oxygen atoms in total. The van der Waals surface area contributed by atoms with Crippen LogP contribution in [0.5, 0.6) is 0 Å².